The molecular weight excluding hydrogens is 344 g/mol. The van der Waals surface area contributed by atoms with Crippen molar-refractivity contribution >= 4 is 27.0 Å². The Kier molecular flexibility index (Phi) is 7.95. The van der Waals surface area contributed by atoms with Crippen molar-refractivity contribution in [2.45, 2.75) is 32.1 Å². The maximum absolute atomic E-state index is 11.6. The highest BCUT2D eigenvalue weighted by molar-refractivity contribution is 7.90. The average molecular weight is 367 g/mol. The lowest BCUT2D eigenvalue weighted by Gasteiger charge is -2.02. The molecular formula is C18H23ClN2O2S. The van der Waals surface area contributed by atoms with E-state index in [9.17, 15) is 8.42 Å². The van der Waals surface area contributed by atoms with E-state index in [2.05, 4.69) is 16.0 Å². The summed E-state index contributed by atoms with van der Waals surface area (Å²) in [6.07, 6.45) is 10.9. The molecule has 0 spiro atoms. The second kappa shape index (κ2) is 9.45. The largest absolute Gasteiger partial charge is 0.346 e. The third kappa shape index (κ3) is 5.98. The van der Waals surface area contributed by atoms with Crippen LogP contribution in [0.3, 0.4) is 0 Å². The third-order valence-electron chi connectivity index (χ3n) is 3.07. The number of aromatic amines is 1. The van der Waals surface area contributed by atoms with Gasteiger partial charge in [-0.25, -0.2) is 13.4 Å². The van der Waals surface area contributed by atoms with Gasteiger partial charge < -0.3 is 4.98 Å². The van der Waals surface area contributed by atoms with Crippen molar-refractivity contribution in [2.24, 2.45) is 0 Å². The third-order valence-corrected chi connectivity index (χ3v) is 4.52. The van der Waals surface area contributed by atoms with Gasteiger partial charge in [0.25, 0.3) is 0 Å². The molecule has 0 amide bonds. The molecule has 0 aliphatic heterocycles. The van der Waals surface area contributed by atoms with Crippen LogP contribution in [0.2, 0.25) is 0 Å². The second-order valence-electron chi connectivity index (χ2n) is 4.93. The van der Waals surface area contributed by atoms with Crippen LogP contribution in [0, 0.1) is 0 Å². The summed E-state index contributed by atoms with van der Waals surface area (Å²) in [7, 11) is -3.28. The minimum Gasteiger partial charge on any atom is -0.346 e. The number of aromatic nitrogens is 2. The van der Waals surface area contributed by atoms with Gasteiger partial charge in [-0.15, -0.1) is 0 Å². The molecule has 0 saturated carbocycles. The fourth-order valence-corrected chi connectivity index (χ4v) is 2.93. The molecule has 1 heterocycles. The lowest BCUT2D eigenvalue weighted by atomic mass is 10.2. The number of H-pyrrole nitrogens is 1. The van der Waals surface area contributed by atoms with Gasteiger partial charge in [-0.3, -0.25) is 0 Å². The van der Waals surface area contributed by atoms with E-state index in [1.54, 1.807) is 12.3 Å². The van der Waals surface area contributed by atoms with Gasteiger partial charge in [0, 0.05) is 24.2 Å². The lowest BCUT2D eigenvalue weighted by molar-refractivity contribution is 0.602. The second-order valence-corrected chi connectivity index (χ2v) is 7.35. The number of halogens is 1. The molecule has 0 fully saturated rings. The van der Waals surface area contributed by atoms with E-state index in [1.165, 1.54) is 24.6 Å². The molecule has 4 nitrogen and oxygen atoms in total. The zero-order chi connectivity index (χ0) is 18.2. The zero-order valence-electron chi connectivity index (χ0n) is 14.4. The van der Waals surface area contributed by atoms with Crippen LogP contribution in [0.25, 0.3) is 5.57 Å². The monoisotopic (exact) mass is 366 g/mol. The fraction of sp³-hybridized carbons (Fsp3) is 0.278. The fourth-order valence-electron chi connectivity index (χ4n) is 1.95. The van der Waals surface area contributed by atoms with Crippen LogP contribution in [0.15, 0.2) is 64.3 Å². The number of nitrogens with one attached hydrogen (secondary N) is 1. The van der Waals surface area contributed by atoms with Crippen LogP contribution in [-0.2, 0) is 9.84 Å². The SMILES string of the molecule is CC.CC1=CCC=C(c2ncccc(S(C)(=O)=O)cc[nH]2)C(Cl)=C1. The molecule has 1 aliphatic rings. The van der Waals surface area contributed by atoms with E-state index in [1.807, 2.05) is 32.9 Å². The number of nitrogens with zero attached hydrogens (tertiary/aromatic N) is 1. The Morgan fingerprint density at radius 3 is 2.58 bits per heavy atom. The number of hydrogen-bond acceptors (Lipinski definition) is 3. The summed E-state index contributed by atoms with van der Waals surface area (Å²) in [6.45, 7) is 5.99. The highest BCUT2D eigenvalue weighted by Crippen LogP contribution is 2.27. The Bertz CT molecular complexity index is 817. The molecule has 130 valence electrons. The Balaban J connectivity index is 0.00000139. The van der Waals surface area contributed by atoms with Gasteiger partial charge in [-0.05, 0) is 37.6 Å². The van der Waals surface area contributed by atoms with E-state index in [0.717, 1.165) is 17.6 Å². The lowest BCUT2D eigenvalue weighted by Crippen LogP contribution is -1.94. The first-order valence-corrected chi connectivity index (χ1v) is 9.97. The summed E-state index contributed by atoms with van der Waals surface area (Å²) < 4.78 is 23.2. The van der Waals surface area contributed by atoms with Gasteiger partial charge in [0.2, 0.25) is 0 Å². The summed E-state index contributed by atoms with van der Waals surface area (Å²) in [5, 5.41) is 0.592. The molecule has 1 aromatic heterocycles. The molecule has 2 rings (SSSR count). The van der Waals surface area contributed by atoms with Crippen molar-refractivity contribution in [3.05, 3.63) is 65.3 Å². The van der Waals surface area contributed by atoms with E-state index in [-0.39, 0.29) is 4.90 Å². The summed E-state index contributed by atoms with van der Waals surface area (Å²) in [5.41, 5.74) is 1.87. The normalized spacial score (nSPS) is 14.1. The minimum absolute atomic E-state index is 0.210. The number of hydrogen-bond donors (Lipinski definition) is 1. The van der Waals surface area contributed by atoms with Crippen molar-refractivity contribution in [3.8, 4) is 0 Å². The molecule has 1 N–H and O–H groups in total. The maximum Gasteiger partial charge on any atom is 0.175 e. The molecule has 1 aliphatic carbocycles. The van der Waals surface area contributed by atoms with Crippen molar-refractivity contribution < 1.29 is 8.42 Å². The van der Waals surface area contributed by atoms with Crippen LogP contribution >= 0.6 is 11.6 Å². The Morgan fingerprint density at radius 2 is 1.92 bits per heavy atom. The molecule has 0 unspecified atom stereocenters. The van der Waals surface area contributed by atoms with Gasteiger partial charge in [-0.1, -0.05) is 43.2 Å². The van der Waals surface area contributed by atoms with Gasteiger partial charge in [0.15, 0.2) is 9.84 Å². The van der Waals surface area contributed by atoms with Crippen molar-refractivity contribution in [1.82, 2.24) is 9.97 Å². The first-order valence-electron chi connectivity index (χ1n) is 7.70. The number of allylic oxidation sites excluding steroid dienone is 6. The van der Waals surface area contributed by atoms with E-state index >= 15 is 0 Å². The topological polar surface area (TPSA) is 62.8 Å². The van der Waals surface area contributed by atoms with E-state index < -0.39 is 9.84 Å². The highest BCUT2D eigenvalue weighted by atomic mass is 35.5. The summed E-state index contributed by atoms with van der Waals surface area (Å²) >= 11 is 6.33. The van der Waals surface area contributed by atoms with Crippen LogP contribution in [0.4, 0.5) is 0 Å². The average Bonchev–Trinajstić information content (AvgIpc) is 2.62. The summed E-state index contributed by atoms with van der Waals surface area (Å²) in [6, 6.07) is 4.59. The molecule has 1 aromatic rings. The van der Waals surface area contributed by atoms with Crippen molar-refractivity contribution in [3.63, 3.8) is 0 Å². The van der Waals surface area contributed by atoms with Crippen molar-refractivity contribution in [2.75, 3.05) is 6.26 Å². The van der Waals surface area contributed by atoms with Crippen LogP contribution < -0.4 is 0 Å². The molecule has 0 saturated heterocycles. The molecule has 24 heavy (non-hydrogen) atoms. The van der Waals surface area contributed by atoms with Gasteiger partial charge in [-0.2, -0.15) is 0 Å². The van der Waals surface area contributed by atoms with Gasteiger partial charge >= 0.3 is 0 Å². The smallest absolute Gasteiger partial charge is 0.175 e. The van der Waals surface area contributed by atoms with Gasteiger partial charge in [0.05, 0.1) is 9.93 Å². The van der Waals surface area contributed by atoms with Gasteiger partial charge in [0.1, 0.15) is 5.82 Å². The van der Waals surface area contributed by atoms with Crippen LogP contribution in [0.5, 0.6) is 0 Å². The number of sulfone groups is 1. The number of rotatable bonds is 2. The van der Waals surface area contributed by atoms with E-state index in [0.29, 0.717) is 10.9 Å². The first-order chi connectivity index (χ1) is 11.4. The van der Waals surface area contributed by atoms with E-state index in [4.69, 9.17) is 11.6 Å². The molecule has 0 radical (unpaired) electrons. The van der Waals surface area contributed by atoms with Crippen LogP contribution in [-0.4, -0.2) is 24.6 Å². The molecule has 0 atom stereocenters. The predicted molar refractivity (Wildman–Crippen MR) is 101 cm³/mol. The van der Waals surface area contributed by atoms with Crippen LogP contribution in [0.1, 0.15) is 33.0 Å². The zero-order valence-corrected chi connectivity index (χ0v) is 15.9. The van der Waals surface area contributed by atoms with Crippen molar-refractivity contribution in [1.29, 1.82) is 0 Å². The molecule has 0 aromatic carbocycles. The molecule has 6 heteroatoms. The molecule has 0 bridgehead atoms. The maximum atomic E-state index is 11.6. The first kappa shape index (κ1) is 20.2. The minimum atomic E-state index is -3.28. The Morgan fingerprint density at radius 1 is 1.21 bits per heavy atom. The Labute approximate surface area is 149 Å². The Hall–Kier alpha value is -1.85. The highest BCUT2D eigenvalue weighted by Gasteiger charge is 2.09. The predicted octanol–water partition coefficient (Wildman–Crippen LogP) is 4.82. The summed E-state index contributed by atoms with van der Waals surface area (Å²) in [5.74, 6) is 0.569. The summed E-state index contributed by atoms with van der Waals surface area (Å²) in [4.78, 5) is 7.53. The standard InChI is InChI=1S/C16H17ClN2O2S.C2H6/c1-12-5-3-7-14(15(17)11-12)16-18-9-4-6-13(8-10-19-16)22(2,20)21;1-2/h4-11H,3H2,1-2H3,(H,18,19);1-2H3. The quantitative estimate of drug-likeness (QED) is 0.816.